The van der Waals surface area contributed by atoms with Crippen LogP contribution in [0.3, 0.4) is 0 Å². The fourth-order valence-electron chi connectivity index (χ4n) is 0.400. The van der Waals surface area contributed by atoms with Gasteiger partial charge in [-0.2, -0.15) is 0 Å². The van der Waals surface area contributed by atoms with Crippen molar-refractivity contribution < 1.29 is 0 Å². The molecular formula is C5H9IN2. The van der Waals surface area contributed by atoms with Crippen LogP contribution in [0.25, 0.3) is 0 Å². The quantitative estimate of drug-likeness (QED) is 0.447. The molecule has 0 atom stereocenters. The summed E-state index contributed by atoms with van der Waals surface area (Å²) in [6.07, 6.45) is 4.16. The predicted molar refractivity (Wildman–Crippen MR) is 44.8 cm³/mol. The Morgan fingerprint density at radius 1 is 1.25 bits per heavy atom. The van der Waals surface area contributed by atoms with Gasteiger partial charge in [0.25, 0.3) is 0 Å². The number of halogens is 1. The summed E-state index contributed by atoms with van der Waals surface area (Å²) >= 11 is 0.159. The van der Waals surface area contributed by atoms with Crippen LogP contribution >= 0.6 is 21.0 Å². The highest BCUT2D eigenvalue weighted by molar-refractivity contribution is 14.2. The average Bonchev–Trinajstić information content (AvgIpc) is 1.77. The molecule has 1 aliphatic heterocycles. The first-order valence-electron chi connectivity index (χ1n) is 2.39. The third-order valence-electron chi connectivity index (χ3n) is 0.859. The van der Waals surface area contributed by atoms with Gasteiger partial charge in [0.15, 0.2) is 0 Å². The van der Waals surface area contributed by atoms with Crippen molar-refractivity contribution in [2.45, 2.75) is 0 Å². The van der Waals surface area contributed by atoms with Crippen molar-refractivity contribution in [1.29, 1.82) is 0 Å². The normalized spacial score (nSPS) is 18.8. The molecule has 1 rings (SSSR count). The maximum atomic E-state index is 2.24. The lowest BCUT2D eigenvalue weighted by Gasteiger charge is -2.15. The van der Waals surface area contributed by atoms with E-state index in [1.54, 1.807) is 0 Å². The van der Waals surface area contributed by atoms with Gasteiger partial charge in [0.1, 0.15) is 0 Å². The van der Waals surface area contributed by atoms with E-state index >= 15 is 0 Å². The van der Waals surface area contributed by atoms with E-state index in [0.717, 1.165) is 0 Å². The number of nitrogens with zero attached hydrogens (tertiary/aromatic N) is 2. The largest absolute Gasteiger partial charge is 0.350 e. The van der Waals surface area contributed by atoms with Crippen molar-refractivity contribution in [3.8, 4) is 0 Å². The molecule has 1 aliphatic rings. The minimum Gasteiger partial charge on any atom is -0.350 e. The minimum atomic E-state index is 0.159. The molecule has 0 amide bonds. The van der Waals surface area contributed by atoms with Crippen LogP contribution in [0.1, 0.15) is 0 Å². The monoisotopic (exact) mass is 224 g/mol. The molecule has 0 radical (unpaired) electrons. The van der Waals surface area contributed by atoms with E-state index in [2.05, 4.69) is 38.6 Å². The lowest BCUT2D eigenvalue weighted by molar-refractivity contribution is 0.690. The second kappa shape index (κ2) is 2.48. The van der Waals surface area contributed by atoms with Gasteiger partial charge in [0.05, 0.1) is 4.14 Å². The number of rotatable bonds is 0. The molecule has 0 aromatic carbocycles. The molecule has 0 spiro atoms. The van der Waals surface area contributed by atoms with Crippen molar-refractivity contribution in [3.63, 3.8) is 0 Å². The molecule has 0 saturated carbocycles. The lowest BCUT2D eigenvalue weighted by atomic mass is 10.8. The van der Waals surface area contributed by atoms with Gasteiger partial charge in [-0.25, -0.2) is 0 Å². The van der Waals surface area contributed by atoms with Crippen molar-refractivity contribution in [2.75, 3.05) is 14.1 Å². The predicted octanol–water partition coefficient (Wildman–Crippen LogP) is 0.980. The van der Waals surface area contributed by atoms with Crippen LogP contribution in [0, 0.1) is 0 Å². The number of hydrogen-bond donors (Lipinski definition) is 0. The second-order valence-electron chi connectivity index (χ2n) is 1.68. The van der Waals surface area contributed by atoms with Gasteiger partial charge in [-0.15, -0.1) is 0 Å². The maximum Gasteiger partial charge on any atom is 0.0532 e. The molecule has 0 aromatic heterocycles. The molecule has 0 bridgehead atoms. The second-order valence-corrected chi connectivity index (χ2v) is 4.32. The average molecular weight is 224 g/mol. The summed E-state index contributed by atoms with van der Waals surface area (Å²) in [5, 5.41) is 0. The molecular weight excluding hydrogens is 215 g/mol. The van der Waals surface area contributed by atoms with Crippen LogP contribution in [0.5, 0.6) is 0 Å². The first-order valence-corrected chi connectivity index (χ1v) is 4.60. The molecule has 0 unspecified atom stereocenters. The van der Waals surface area contributed by atoms with Crippen LogP contribution in [-0.2, 0) is 0 Å². The van der Waals surface area contributed by atoms with E-state index < -0.39 is 0 Å². The van der Waals surface area contributed by atoms with E-state index in [1.165, 1.54) is 0 Å². The Bertz CT molecular complexity index is 102. The topological polar surface area (TPSA) is 6.48 Å². The van der Waals surface area contributed by atoms with Crippen molar-refractivity contribution in [3.05, 3.63) is 12.4 Å². The van der Waals surface area contributed by atoms with Crippen LogP contribution in [-0.4, -0.2) is 26.2 Å². The van der Waals surface area contributed by atoms with Crippen molar-refractivity contribution in [2.24, 2.45) is 0 Å². The highest BCUT2D eigenvalue weighted by atomic mass is 127. The summed E-state index contributed by atoms with van der Waals surface area (Å²) in [5.74, 6) is 0. The fraction of sp³-hybridized carbons (Fsp3) is 0.400. The third-order valence-corrected chi connectivity index (χ3v) is 3.19. The van der Waals surface area contributed by atoms with Gasteiger partial charge in [-0.1, -0.05) is 0 Å². The molecule has 1 heterocycles. The Balaban J connectivity index is 2.54. The van der Waals surface area contributed by atoms with Crippen LogP contribution in [0.4, 0.5) is 0 Å². The third kappa shape index (κ3) is 1.47. The van der Waals surface area contributed by atoms with Crippen LogP contribution in [0.2, 0.25) is 0 Å². The summed E-state index contributed by atoms with van der Waals surface area (Å²) < 4.78 is 4.47. The molecule has 0 fully saturated rings. The minimum absolute atomic E-state index is 0.159. The highest BCUT2D eigenvalue weighted by Gasteiger charge is 1.91. The van der Waals surface area contributed by atoms with Gasteiger partial charge < -0.3 is 8.01 Å². The first-order chi connectivity index (χ1) is 3.79. The summed E-state index contributed by atoms with van der Waals surface area (Å²) in [6, 6.07) is 0. The Hall–Kier alpha value is -0.0600. The Morgan fingerprint density at radius 2 is 2.00 bits per heavy atom. The number of hydrogen-bond acceptors (Lipinski definition) is 2. The van der Waals surface area contributed by atoms with Gasteiger partial charge in [0, 0.05) is 47.5 Å². The molecule has 0 N–H and O–H groups in total. The lowest BCUT2D eigenvalue weighted by Crippen LogP contribution is -2.12. The maximum absolute atomic E-state index is 2.24. The zero-order valence-electron chi connectivity index (χ0n) is 5.00. The molecule has 0 aliphatic carbocycles. The van der Waals surface area contributed by atoms with Gasteiger partial charge >= 0.3 is 0 Å². The van der Waals surface area contributed by atoms with E-state index in [-0.39, 0.29) is 21.0 Å². The van der Waals surface area contributed by atoms with Crippen molar-refractivity contribution in [1.82, 2.24) is 8.01 Å². The summed E-state index contributed by atoms with van der Waals surface area (Å²) in [4.78, 5) is 2.10. The van der Waals surface area contributed by atoms with E-state index in [0.29, 0.717) is 0 Å². The molecule has 0 saturated heterocycles. The molecule has 2 nitrogen and oxygen atoms in total. The van der Waals surface area contributed by atoms with Crippen LogP contribution in [0.15, 0.2) is 12.4 Å². The molecule has 8 heavy (non-hydrogen) atoms. The summed E-state index contributed by atoms with van der Waals surface area (Å²) in [6.45, 7) is 0. The Morgan fingerprint density at radius 3 is 2.38 bits per heavy atom. The van der Waals surface area contributed by atoms with Gasteiger partial charge in [0.2, 0.25) is 0 Å². The van der Waals surface area contributed by atoms with E-state index in [4.69, 9.17) is 0 Å². The smallest absolute Gasteiger partial charge is 0.0532 e. The van der Waals surface area contributed by atoms with E-state index in [1.807, 2.05) is 0 Å². The molecule has 46 valence electrons. The van der Waals surface area contributed by atoms with Gasteiger partial charge in [-0.05, 0) is 0 Å². The summed E-state index contributed by atoms with van der Waals surface area (Å²) in [7, 11) is 4.16. The zero-order valence-corrected chi connectivity index (χ0v) is 7.16. The molecule has 3 heteroatoms. The van der Waals surface area contributed by atoms with Crippen molar-refractivity contribution >= 4 is 25.1 Å². The Labute approximate surface area is 59.9 Å². The molecule has 0 aromatic rings. The summed E-state index contributed by atoms with van der Waals surface area (Å²) in [5.41, 5.74) is 0. The first kappa shape index (κ1) is 6.07. The highest BCUT2D eigenvalue weighted by Crippen LogP contribution is 2.08. The van der Waals surface area contributed by atoms with Gasteiger partial charge in [-0.3, -0.25) is 0 Å². The van der Waals surface area contributed by atoms with E-state index in [9.17, 15) is 0 Å². The zero-order chi connectivity index (χ0) is 5.98. The fourth-order valence-corrected chi connectivity index (χ4v) is 1.70. The standard InChI is InChI=1S/C5H9IN2/c1-7-3-4-8(2)6-5-7/h3-5H,1-2H3. The Kier molecular flexibility index (Phi) is 1.88. The SMILES string of the molecule is CN1C=CN(C)I=C1. The van der Waals surface area contributed by atoms with Crippen LogP contribution < -0.4 is 0 Å².